The lowest BCUT2D eigenvalue weighted by Gasteiger charge is -2.31. The van der Waals surface area contributed by atoms with Crippen molar-refractivity contribution in [2.45, 2.75) is 63.5 Å². The first-order chi connectivity index (χ1) is 9.88. The lowest BCUT2D eigenvalue weighted by molar-refractivity contribution is 0.0946. The van der Waals surface area contributed by atoms with E-state index in [0.717, 1.165) is 25.5 Å². The van der Waals surface area contributed by atoms with Gasteiger partial charge < -0.3 is 10.1 Å². The average molecular weight is 273 g/mol. The first-order valence-corrected chi connectivity index (χ1v) is 8.32. The Labute approximate surface area is 122 Å². The van der Waals surface area contributed by atoms with Gasteiger partial charge in [-0.1, -0.05) is 37.6 Å². The lowest BCUT2D eigenvalue weighted by atomic mass is 9.76. The second-order valence-electron chi connectivity index (χ2n) is 6.24. The summed E-state index contributed by atoms with van der Waals surface area (Å²) in [5, 5.41) is 3.69. The Bertz CT molecular complexity index is 421. The molecule has 1 aromatic carbocycles. The van der Waals surface area contributed by atoms with Gasteiger partial charge in [-0.3, -0.25) is 0 Å². The SMILES string of the molecule is CCNC(CC1CCCO1)c1ccccc1C1CCC1. The maximum Gasteiger partial charge on any atom is 0.0594 e. The summed E-state index contributed by atoms with van der Waals surface area (Å²) in [5.41, 5.74) is 3.11. The Morgan fingerprint density at radius 3 is 2.70 bits per heavy atom. The largest absolute Gasteiger partial charge is 0.378 e. The van der Waals surface area contributed by atoms with E-state index in [0.29, 0.717) is 12.1 Å². The van der Waals surface area contributed by atoms with Gasteiger partial charge in [0, 0.05) is 12.6 Å². The average Bonchev–Trinajstić information content (AvgIpc) is 2.90. The fraction of sp³-hybridized carbons (Fsp3) is 0.667. The van der Waals surface area contributed by atoms with Crippen molar-refractivity contribution in [2.75, 3.05) is 13.2 Å². The minimum absolute atomic E-state index is 0.452. The number of hydrogen-bond acceptors (Lipinski definition) is 2. The highest BCUT2D eigenvalue weighted by atomic mass is 16.5. The smallest absolute Gasteiger partial charge is 0.0594 e. The molecule has 110 valence electrons. The van der Waals surface area contributed by atoms with Gasteiger partial charge in [0.15, 0.2) is 0 Å². The fourth-order valence-electron chi connectivity index (χ4n) is 3.58. The molecule has 2 nitrogen and oxygen atoms in total. The summed E-state index contributed by atoms with van der Waals surface area (Å²) in [4.78, 5) is 0. The number of hydrogen-bond donors (Lipinski definition) is 1. The van der Waals surface area contributed by atoms with E-state index in [1.165, 1.54) is 37.7 Å². The minimum atomic E-state index is 0.452. The summed E-state index contributed by atoms with van der Waals surface area (Å²) in [6.07, 6.45) is 8.18. The van der Waals surface area contributed by atoms with E-state index in [1.807, 2.05) is 0 Å². The molecule has 1 N–H and O–H groups in total. The molecule has 1 aliphatic carbocycles. The van der Waals surface area contributed by atoms with Crippen molar-refractivity contribution in [2.24, 2.45) is 0 Å². The first-order valence-electron chi connectivity index (χ1n) is 8.32. The summed E-state index contributed by atoms with van der Waals surface area (Å²) in [6.45, 7) is 4.18. The van der Waals surface area contributed by atoms with Crippen LogP contribution in [0.2, 0.25) is 0 Å². The number of benzene rings is 1. The van der Waals surface area contributed by atoms with Gasteiger partial charge in [-0.25, -0.2) is 0 Å². The second-order valence-corrected chi connectivity index (χ2v) is 6.24. The molecule has 1 aliphatic heterocycles. The summed E-state index contributed by atoms with van der Waals surface area (Å²) < 4.78 is 5.85. The maximum atomic E-state index is 5.85. The summed E-state index contributed by atoms with van der Waals surface area (Å²) >= 11 is 0. The zero-order valence-corrected chi connectivity index (χ0v) is 12.6. The topological polar surface area (TPSA) is 21.3 Å². The van der Waals surface area contributed by atoms with Crippen molar-refractivity contribution in [1.29, 1.82) is 0 Å². The number of nitrogens with one attached hydrogen (secondary N) is 1. The van der Waals surface area contributed by atoms with E-state index < -0.39 is 0 Å². The highest BCUT2D eigenvalue weighted by molar-refractivity contribution is 5.34. The molecule has 3 rings (SSSR count). The van der Waals surface area contributed by atoms with Crippen LogP contribution in [0.15, 0.2) is 24.3 Å². The van der Waals surface area contributed by atoms with Crippen molar-refractivity contribution in [3.05, 3.63) is 35.4 Å². The Kier molecular flexibility index (Phi) is 4.74. The number of ether oxygens (including phenoxy) is 1. The van der Waals surface area contributed by atoms with Gasteiger partial charge in [0.1, 0.15) is 0 Å². The second kappa shape index (κ2) is 6.73. The monoisotopic (exact) mass is 273 g/mol. The lowest BCUT2D eigenvalue weighted by Crippen LogP contribution is -2.27. The van der Waals surface area contributed by atoms with Gasteiger partial charge in [-0.05, 0) is 55.7 Å². The third-order valence-corrected chi connectivity index (χ3v) is 4.89. The molecule has 0 amide bonds. The standard InChI is InChI=1S/C18H27NO/c1-2-19-18(13-15-9-6-12-20-15)17-11-4-3-10-16(17)14-7-5-8-14/h3-4,10-11,14-15,18-19H,2,5-9,12-13H2,1H3. The van der Waals surface area contributed by atoms with Crippen LogP contribution in [-0.4, -0.2) is 19.3 Å². The van der Waals surface area contributed by atoms with Crippen molar-refractivity contribution in [3.8, 4) is 0 Å². The predicted molar refractivity (Wildman–Crippen MR) is 83.0 cm³/mol. The molecular weight excluding hydrogens is 246 g/mol. The Hall–Kier alpha value is -0.860. The molecule has 0 bridgehead atoms. The van der Waals surface area contributed by atoms with Crippen LogP contribution in [0, 0.1) is 0 Å². The van der Waals surface area contributed by atoms with Crippen molar-refractivity contribution in [1.82, 2.24) is 5.32 Å². The van der Waals surface area contributed by atoms with Gasteiger partial charge in [0.2, 0.25) is 0 Å². The zero-order valence-electron chi connectivity index (χ0n) is 12.6. The molecule has 20 heavy (non-hydrogen) atoms. The Balaban J connectivity index is 1.78. The van der Waals surface area contributed by atoms with E-state index in [2.05, 4.69) is 36.5 Å². The highest BCUT2D eigenvalue weighted by Crippen LogP contribution is 2.40. The van der Waals surface area contributed by atoms with Crippen LogP contribution in [0.5, 0.6) is 0 Å². The molecular formula is C18H27NO. The first kappa shape index (κ1) is 14.1. The van der Waals surface area contributed by atoms with E-state index in [9.17, 15) is 0 Å². The molecule has 2 atom stereocenters. The van der Waals surface area contributed by atoms with Gasteiger partial charge in [0.25, 0.3) is 0 Å². The normalized spacial score (nSPS) is 24.6. The van der Waals surface area contributed by atoms with Crippen LogP contribution in [0.3, 0.4) is 0 Å². The van der Waals surface area contributed by atoms with E-state index in [1.54, 1.807) is 5.56 Å². The van der Waals surface area contributed by atoms with Crippen LogP contribution in [-0.2, 0) is 4.74 Å². The molecule has 1 saturated carbocycles. The third-order valence-electron chi connectivity index (χ3n) is 4.89. The number of rotatable bonds is 6. The van der Waals surface area contributed by atoms with Crippen LogP contribution in [0.1, 0.15) is 68.5 Å². The van der Waals surface area contributed by atoms with Crippen LogP contribution >= 0.6 is 0 Å². The zero-order chi connectivity index (χ0) is 13.8. The quantitative estimate of drug-likeness (QED) is 0.839. The molecule has 0 radical (unpaired) electrons. The molecule has 2 unspecified atom stereocenters. The highest BCUT2D eigenvalue weighted by Gasteiger charge is 2.27. The molecule has 1 saturated heterocycles. The molecule has 2 heteroatoms. The van der Waals surface area contributed by atoms with Crippen molar-refractivity contribution < 1.29 is 4.74 Å². The van der Waals surface area contributed by atoms with Crippen molar-refractivity contribution in [3.63, 3.8) is 0 Å². The van der Waals surface area contributed by atoms with Crippen LogP contribution < -0.4 is 5.32 Å². The molecule has 0 spiro atoms. The minimum Gasteiger partial charge on any atom is -0.378 e. The molecule has 1 aromatic rings. The van der Waals surface area contributed by atoms with Crippen LogP contribution in [0.4, 0.5) is 0 Å². The molecule has 1 heterocycles. The fourth-order valence-corrected chi connectivity index (χ4v) is 3.58. The van der Waals surface area contributed by atoms with Crippen LogP contribution in [0.25, 0.3) is 0 Å². The third kappa shape index (κ3) is 3.07. The van der Waals surface area contributed by atoms with Crippen molar-refractivity contribution >= 4 is 0 Å². The Morgan fingerprint density at radius 2 is 2.05 bits per heavy atom. The van der Waals surface area contributed by atoms with Gasteiger partial charge in [-0.2, -0.15) is 0 Å². The predicted octanol–water partition coefficient (Wildman–Crippen LogP) is 4.17. The summed E-state index contributed by atoms with van der Waals surface area (Å²) in [6, 6.07) is 9.53. The van der Waals surface area contributed by atoms with E-state index in [-0.39, 0.29) is 0 Å². The Morgan fingerprint density at radius 1 is 1.20 bits per heavy atom. The van der Waals surface area contributed by atoms with Gasteiger partial charge in [-0.15, -0.1) is 0 Å². The molecule has 2 fully saturated rings. The summed E-state index contributed by atoms with van der Waals surface area (Å²) in [5.74, 6) is 0.803. The summed E-state index contributed by atoms with van der Waals surface area (Å²) in [7, 11) is 0. The van der Waals surface area contributed by atoms with Gasteiger partial charge >= 0.3 is 0 Å². The maximum absolute atomic E-state index is 5.85. The van der Waals surface area contributed by atoms with E-state index in [4.69, 9.17) is 4.74 Å². The van der Waals surface area contributed by atoms with Gasteiger partial charge in [0.05, 0.1) is 6.10 Å². The van der Waals surface area contributed by atoms with E-state index >= 15 is 0 Å². The molecule has 0 aromatic heterocycles. The molecule has 2 aliphatic rings.